The van der Waals surface area contributed by atoms with E-state index in [1.807, 2.05) is 0 Å². The lowest BCUT2D eigenvalue weighted by molar-refractivity contribution is -0.385. The molecule has 21 heavy (non-hydrogen) atoms. The molecule has 2 aromatic rings. The highest BCUT2D eigenvalue weighted by Gasteiger charge is 2.23. The van der Waals surface area contributed by atoms with Crippen LogP contribution in [0, 0.1) is 10.1 Å². The zero-order valence-corrected chi connectivity index (χ0v) is 11.2. The third kappa shape index (κ3) is 3.15. The van der Waals surface area contributed by atoms with Crippen LogP contribution in [0.25, 0.3) is 0 Å². The summed E-state index contributed by atoms with van der Waals surface area (Å²) in [7, 11) is 1.56. The van der Waals surface area contributed by atoms with E-state index in [9.17, 15) is 14.9 Å². The zero-order valence-electron chi connectivity index (χ0n) is 11.2. The highest BCUT2D eigenvalue weighted by Crippen LogP contribution is 2.24. The summed E-state index contributed by atoms with van der Waals surface area (Å²) >= 11 is 0. The van der Waals surface area contributed by atoms with Crippen molar-refractivity contribution in [2.24, 2.45) is 5.84 Å². The maximum atomic E-state index is 12.4. The topological polar surface area (TPSA) is 130 Å². The van der Waals surface area contributed by atoms with Gasteiger partial charge in [-0.15, -0.1) is 0 Å². The highest BCUT2D eigenvalue weighted by atomic mass is 16.6. The average Bonchev–Trinajstić information content (AvgIpc) is 2.98. The molecule has 1 aromatic heterocycles. The Balaban J connectivity index is 2.30. The van der Waals surface area contributed by atoms with E-state index in [0.717, 1.165) is 5.56 Å². The summed E-state index contributed by atoms with van der Waals surface area (Å²) in [6.07, 6.45) is 3.23. The maximum absolute atomic E-state index is 12.4. The number of carbonyl (C=O) groups excluding carboxylic acids is 1. The zero-order chi connectivity index (χ0) is 15.4. The van der Waals surface area contributed by atoms with Crippen molar-refractivity contribution in [3.8, 4) is 0 Å². The van der Waals surface area contributed by atoms with Gasteiger partial charge in [-0.1, -0.05) is 0 Å². The number of nitro benzene ring substituents is 1. The molecule has 9 heteroatoms. The molecular formula is C12H14N6O3. The molecule has 0 saturated carbocycles. The number of nitrogens with one attached hydrogen (secondary N) is 2. The molecule has 110 valence electrons. The van der Waals surface area contributed by atoms with Crippen molar-refractivity contribution in [2.45, 2.75) is 6.54 Å². The second kappa shape index (κ2) is 6.01. The van der Waals surface area contributed by atoms with E-state index in [1.54, 1.807) is 19.4 Å². The molecule has 0 bridgehead atoms. The van der Waals surface area contributed by atoms with Gasteiger partial charge in [0.2, 0.25) is 0 Å². The molecule has 0 aliphatic rings. The summed E-state index contributed by atoms with van der Waals surface area (Å²) in [6, 6.07) is 4.03. The van der Waals surface area contributed by atoms with E-state index in [-0.39, 0.29) is 17.8 Å². The third-order valence-electron chi connectivity index (χ3n) is 2.91. The molecule has 1 amide bonds. The summed E-state index contributed by atoms with van der Waals surface area (Å²) in [4.78, 5) is 24.2. The van der Waals surface area contributed by atoms with Crippen LogP contribution in [0.2, 0.25) is 0 Å². The van der Waals surface area contributed by atoms with Gasteiger partial charge < -0.3 is 10.3 Å². The predicted molar refractivity (Wildman–Crippen MR) is 75.3 cm³/mol. The molecular weight excluding hydrogens is 276 g/mol. The van der Waals surface area contributed by atoms with Crippen LogP contribution in [-0.4, -0.2) is 33.0 Å². The van der Waals surface area contributed by atoms with Gasteiger partial charge in [-0.25, -0.2) is 0 Å². The van der Waals surface area contributed by atoms with E-state index < -0.39 is 10.8 Å². The van der Waals surface area contributed by atoms with Gasteiger partial charge in [0.05, 0.1) is 11.1 Å². The van der Waals surface area contributed by atoms with Gasteiger partial charge in [-0.05, 0) is 12.1 Å². The lowest BCUT2D eigenvalue weighted by Gasteiger charge is -2.16. The molecule has 0 aliphatic heterocycles. The first kappa shape index (κ1) is 14.5. The molecule has 1 heterocycles. The molecule has 0 fully saturated rings. The van der Waals surface area contributed by atoms with Crippen molar-refractivity contribution in [1.29, 1.82) is 0 Å². The second-order valence-electron chi connectivity index (χ2n) is 4.40. The Morgan fingerprint density at radius 2 is 2.33 bits per heavy atom. The van der Waals surface area contributed by atoms with Crippen molar-refractivity contribution >= 4 is 17.3 Å². The van der Waals surface area contributed by atoms with E-state index >= 15 is 0 Å². The summed E-state index contributed by atoms with van der Waals surface area (Å²) < 4.78 is 0. The number of rotatable bonds is 5. The van der Waals surface area contributed by atoms with Crippen LogP contribution >= 0.6 is 0 Å². The lowest BCUT2D eigenvalue weighted by atomic mass is 10.1. The number of hydrogen-bond acceptors (Lipinski definition) is 6. The number of nitrogens with zero attached hydrogens (tertiary/aromatic N) is 3. The normalized spacial score (nSPS) is 10.2. The minimum Gasteiger partial charge on any atom is -0.337 e. The van der Waals surface area contributed by atoms with E-state index in [4.69, 9.17) is 5.84 Å². The SMILES string of the molecule is CN(Cc1cn[nH]c1)C(=O)c1cc(NN)ccc1[N+](=O)[O-]. The van der Waals surface area contributed by atoms with Crippen LogP contribution in [-0.2, 0) is 6.54 Å². The number of aromatic nitrogens is 2. The van der Waals surface area contributed by atoms with Crippen LogP contribution in [0.5, 0.6) is 0 Å². The predicted octanol–water partition coefficient (Wildman–Crippen LogP) is 0.876. The minimum absolute atomic E-state index is 0.0264. The Labute approximate surface area is 119 Å². The number of hydrazine groups is 1. The minimum atomic E-state index is -0.598. The highest BCUT2D eigenvalue weighted by molar-refractivity contribution is 5.99. The number of carbonyl (C=O) groups is 1. The Morgan fingerprint density at radius 3 is 2.90 bits per heavy atom. The van der Waals surface area contributed by atoms with Crippen molar-refractivity contribution in [2.75, 3.05) is 12.5 Å². The average molecular weight is 290 g/mol. The number of hydrogen-bond donors (Lipinski definition) is 3. The largest absolute Gasteiger partial charge is 0.337 e. The monoisotopic (exact) mass is 290 g/mol. The Morgan fingerprint density at radius 1 is 1.57 bits per heavy atom. The fourth-order valence-corrected chi connectivity index (χ4v) is 1.87. The van der Waals surface area contributed by atoms with Crippen LogP contribution in [0.15, 0.2) is 30.6 Å². The quantitative estimate of drug-likeness (QED) is 0.425. The first-order chi connectivity index (χ1) is 10.0. The van der Waals surface area contributed by atoms with Gasteiger partial charge in [-0.3, -0.25) is 25.9 Å². The van der Waals surface area contributed by atoms with Crippen LogP contribution in [0.4, 0.5) is 11.4 Å². The molecule has 0 saturated heterocycles. The molecule has 1 aromatic carbocycles. The Bertz CT molecular complexity index is 655. The number of nitrogen functional groups attached to an aromatic ring is 1. The number of aromatic amines is 1. The molecule has 0 spiro atoms. The first-order valence-corrected chi connectivity index (χ1v) is 6.01. The van der Waals surface area contributed by atoms with E-state index in [0.29, 0.717) is 5.69 Å². The Hall–Kier alpha value is -2.94. The van der Waals surface area contributed by atoms with Crippen molar-refractivity contribution in [3.05, 3.63) is 51.8 Å². The van der Waals surface area contributed by atoms with Gasteiger partial charge in [-0.2, -0.15) is 5.10 Å². The molecule has 4 N–H and O–H groups in total. The first-order valence-electron chi connectivity index (χ1n) is 6.01. The van der Waals surface area contributed by atoms with Crippen LogP contribution < -0.4 is 11.3 Å². The number of anilines is 1. The molecule has 0 unspecified atom stereocenters. The van der Waals surface area contributed by atoms with Crippen molar-refractivity contribution in [1.82, 2.24) is 15.1 Å². The number of nitrogens with two attached hydrogens (primary N) is 1. The van der Waals surface area contributed by atoms with E-state index in [2.05, 4.69) is 15.6 Å². The van der Waals surface area contributed by atoms with Gasteiger partial charge in [0.1, 0.15) is 5.56 Å². The van der Waals surface area contributed by atoms with E-state index in [1.165, 1.54) is 23.1 Å². The summed E-state index contributed by atoms with van der Waals surface area (Å²) in [5.74, 6) is 4.80. The van der Waals surface area contributed by atoms with Gasteiger partial charge in [0, 0.05) is 37.1 Å². The van der Waals surface area contributed by atoms with Crippen LogP contribution in [0.3, 0.4) is 0 Å². The number of nitro groups is 1. The van der Waals surface area contributed by atoms with Gasteiger partial charge in [0.25, 0.3) is 11.6 Å². The third-order valence-corrected chi connectivity index (χ3v) is 2.91. The Kier molecular flexibility index (Phi) is 4.14. The molecule has 2 rings (SSSR count). The molecule has 9 nitrogen and oxygen atoms in total. The smallest absolute Gasteiger partial charge is 0.282 e. The lowest BCUT2D eigenvalue weighted by Crippen LogP contribution is -2.27. The van der Waals surface area contributed by atoms with Gasteiger partial charge in [0.15, 0.2) is 0 Å². The van der Waals surface area contributed by atoms with Crippen molar-refractivity contribution in [3.63, 3.8) is 0 Å². The maximum Gasteiger partial charge on any atom is 0.282 e. The number of H-pyrrole nitrogens is 1. The summed E-state index contributed by atoms with van der Waals surface area (Å²) in [5.41, 5.74) is 3.28. The molecule has 0 atom stereocenters. The standard InChI is InChI=1S/C12H14N6O3/c1-17(7-8-5-14-15-6-8)12(19)10-4-9(16-13)2-3-11(10)18(20)21/h2-6,16H,7,13H2,1H3,(H,14,15). The fourth-order valence-electron chi connectivity index (χ4n) is 1.87. The number of benzene rings is 1. The fraction of sp³-hybridized carbons (Fsp3) is 0.167. The van der Waals surface area contributed by atoms with Crippen LogP contribution in [0.1, 0.15) is 15.9 Å². The van der Waals surface area contributed by atoms with Gasteiger partial charge >= 0.3 is 0 Å². The summed E-state index contributed by atoms with van der Waals surface area (Å²) in [6.45, 7) is 0.284. The van der Waals surface area contributed by atoms with Crippen molar-refractivity contribution < 1.29 is 9.72 Å². The summed E-state index contributed by atoms with van der Waals surface area (Å²) in [5, 5.41) is 17.5. The molecule has 0 radical (unpaired) electrons. The second-order valence-corrected chi connectivity index (χ2v) is 4.40. The number of amides is 1. The molecule has 0 aliphatic carbocycles.